The van der Waals surface area contributed by atoms with E-state index >= 15 is 0 Å². The molecule has 0 radical (unpaired) electrons. The molecule has 1 N–H and O–H groups in total. The summed E-state index contributed by atoms with van der Waals surface area (Å²) >= 11 is 13.4. The Kier molecular flexibility index (Phi) is 10.3. The van der Waals surface area contributed by atoms with E-state index in [9.17, 15) is 9.59 Å². The van der Waals surface area contributed by atoms with Crippen LogP contribution in [0.2, 0.25) is 10.0 Å². The lowest BCUT2D eigenvalue weighted by Gasteiger charge is -2.41. The van der Waals surface area contributed by atoms with E-state index in [1.54, 1.807) is 18.2 Å². The number of nitrogens with one attached hydrogen (secondary N) is 1. The number of carbonyl (C=O) groups excluding carboxylic acids is 2. The largest absolute Gasteiger partial charge is 0.345 e. The average molecular weight is 565 g/mol. The summed E-state index contributed by atoms with van der Waals surface area (Å²) in [4.78, 5) is 28.4. The van der Waals surface area contributed by atoms with Gasteiger partial charge in [0.1, 0.15) is 0 Å². The molecule has 37 heavy (non-hydrogen) atoms. The van der Waals surface area contributed by atoms with Crippen LogP contribution in [0.3, 0.4) is 0 Å². The number of halogens is 2. The van der Waals surface area contributed by atoms with Crippen molar-refractivity contribution >= 4 is 46.8 Å². The smallest absolute Gasteiger partial charge is 0.251 e. The lowest BCUT2D eigenvalue weighted by molar-refractivity contribution is -0.135. The number of hydrogen-bond donors (Lipinski definition) is 1. The Balaban J connectivity index is 1.41. The molecule has 2 aromatic rings. The van der Waals surface area contributed by atoms with Gasteiger partial charge in [-0.25, -0.2) is 0 Å². The van der Waals surface area contributed by atoms with Gasteiger partial charge in [0.05, 0.1) is 22.3 Å². The summed E-state index contributed by atoms with van der Waals surface area (Å²) in [6, 6.07) is 5.47. The fraction of sp³-hybridized carbons (Fsp3) is 0.556. The lowest BCUT2D eigenvalue weighted by atomic mass is 9.88. The van der Waals surface area contributed by atoms with Crippen LogP contribution in [0.4, 0.5) is 0 Å². The topological polar surface area (TPSA) is 80.1 Å². The molecule has 4 rings (SSSR count). The molecule has 2 aliphatic rings. The normalized spacial score (nSPS) is 16.9. The summed E-state index contributed by atoms with van der Waals surface area (Å²) in [6.45, 7) is 4.52. The van der Waals surface area contributed by atoms with Gasteiger partial charge in [-0.15, -0.1) is 16.8 Å². The first-order valence-corrected chi connectivity index (χ1v) is 14.9. The minimum atomic E-state index is -0.285. The molecular weight excluding hydrogens is 529 g/mol. The van der Waals surface area contributed by atoms with Crippen molar-refractivity contribution < 1.29 is 9.59 Å². The summed E-state index contributed by atoms with van der Waals surface area (Å²) < 4.78 is 1.89. The van der Waals surface area contributed by atoms with Crippen molar-refractivity contribution in [3.63, 3.8) is 0 Å². The molecule has 2 aliphatic carbocycles. The second-order valence-corrected chi connectivity index (χ2v) is 11.5. The quantitative estimate of drug-likeness (QED) is 0.271. The Labute approximate surface area is 233 Å². The van der Waals surface area contributed by atoms with E-state index in [0.29, 0.717) is 51.0 Å². The minimum absolute atomic E-state index is 0.185. The van der Waals surface area contributed by atoms with Crippen LogP contribution in [-0.4, -0.2) is 49.3 Å². The maximum Gasteiger partial charge on any atom is 0.251 e. The molecule has 0 bridgehead atoms. The number of carbonyl (C=O) groups is 2. The van der Waals surface area contributed by atoms with Gasteiger partial charge < -0.3 is 14.8 Å². The van der Waals surface area contributed by atoms with E-state index in [1.807, 2.05) is 4.57 Å². The Morgan fingerprint density at radius 3 is 2.27 bits per heavy atom. The highest BCUT2D eigenvalue weighted by molar-refractivity contribution is 7.99. The van der Waals surface area contributed by atoms with Crippen molar-refractivity contribution in [2.75, 3.05) is 5.75 Å². The van der Waals surface area contributed by atoms with Crippen molar-refractivity contribution in [3.05, 3.63) is 52.3 Å². The molecule has 10 heteroatoms. The zero-order chi connectivity index (χ0) is 26.2. The third kappa shape index (κ3) is 7.30. The molecule has 0 spiro atoms. The molecule has 2 saturated carbocycles. The third-order valence-electron chi connectivity index (χ3n) is 7.24. The van der Waals surface area contributed by atoms with Crippen LogP contribution in [0.5, 0.6) is 0 Å². The maximum atomic E-state index is 13.6. The molecule has 0 atom stereocenters. The number of aromatic nitrogens is 3. The van der Waals surface area contributed by atoms with E-state index in [-0.39, 0.29) is 18.4 Å². The van der Waals surface area contributed by atoms with Crippen LogP contribution >= 0.6 is 35.0 Å². The van der Waals surface area contributed by atoms with Gasteiger partial charge in [-0.1, -0.05) is 79.6 Å². The highest BCUT2D eigenvalue weighted by Gasteiger charge is 2.32. The molecule has 0 unspecified atom stereocenters. The van der Waals surface area contributed by atoms with E-state index < -0.39 is 0 Å². The fourth-order valence-corrected chi connectivity index (χ4v) is 6.53. The van der Waals surface area contributed by atoms with Crippen LogP contribution < -0.4 is 5.32 Å². The van der Waals surface area contributed by atoms with Gasteiger partial charge in [-0.2, -0.15) is 0 Å². The number of amides is 2. The van der Waals surface area contributed by atoms with Crippen molar-refractivity contribution in [2.24, 2.45) is 0 Å². The molecule has 1 aromatic carbocycles. The van der Waals surface area contributed by atoms with Gasteiger partial charge in [-0.3, -0.25) is 9.59 Å². The van der Waals surface area contributed by atoms with E-state index in [0.717, 1.165) is 25.7 Å². The SMILES string of the molecule is C=CCn1c(CNC(=O)c2ccc(Cl)c(Cl)c2)nnc1SCC(=O)N(C1CCCCC1)C1CCCCC1. The Hall–Kier alpha value is -2.03. The number of rotatable bonds is 10. The molecule has 1 heterocycles. The number of nitrogens with zero attached hydrogens (tertiary/aromatic N) is 4. The number of allylic oxidation sites excluding steroid dienone is 1. The highest BCUT2D eigenvalue weighted by Crippen LogP contribution is 2.31. The standard InChI is InChI=1S/C27H35Cl2N5O2S/c1-2-15-33-24(17-30-26(36)19-13-14-22(28)23(29)16-19)31-32-27(33)37-18-25(35)34(20-9-5-3-6-10-20)21-11-7-4-8-12-21/h2,13-14,16,20-21H,1,3-12,15,17-18H2,(H,30,36). The van der Waals surface area contributed by atoms with Gasteiger partial charge in [-0.05, 0) is 43.9 Å². The molecule has 7 nitrogen and oxygen atoms in total. The van der Waals surface area contributed by atoms with Gasteiger partial charge in [0.25, 0.3) is 5.91 Å². The average Bonchev–Trinajstić information content (AvgIpc) is 3.30. The van der Waals surface area contributed by atoms with Gasteiger partial charge in [0, 0.05) is 24.2 Å². The predicted molar refractivity (Wildman–Crippen MR) is 149 cm³/mol. The lowest BCUT2D eigenvalue weighted by Crippen LogP contribution is -2.49. The molecular formula is C27H35Cl2N5O2S. The summed E-state index contributed by atoms with van der Waals surface area (Å²) in [5.74, 6) is 0.843. The summed E-state index contributed by atoms with van der Waals surface area (Å²) in [6.07, 6.45) is 13.6. The Morgan fingerprint density at radius 2 is 1.68 bits per heavy atom. The third-order valence-corrected chi connectivity index (χ3v) is 8.93. The van der Waals surface area contributed by atoms with Crippen LogP contribution in [0, 0.1) is 0 Å². The van der Waals surface area contributed by atoms with Gasteiger partial charge >= 0.3 is 0 Å². The van der Waals surface area contributed by atoms with E-state index in [4.69, 9.17) is 23.2 Å². The molecule has 0 aliphatic heterocycles. The van der Waals surface area contributed by atoms with Crippen molar-refractivity contribution in [1.29, 1.82) is 0 Å². The summed E-state index contributed by atoms with van der Waals surface area (Å²) in [5, 5.41) is 12.9. The maximum absolute atomic E-state index is 13.6. The van der Waals surface area contributed by atoms with Gasteiger partial charge in [0.15, 0.2) is 11.0 Å². The van der Waals surface area contributed by atoms with E-state index in [1.165, 1.54) is 56.4 Å². The van der Waals surface area contributed by atoms with Crippen LogP contribution in [-0.2, 0) is 17.9 Å². The number of thioether (sulfide) groups is 1. The van der Waals surface area contributed by atoms with Crippen LogP contribution in [0.1, 0.15) is 80.4 Å². The second kappa shape index (κ2) is 13.7. The van der Waals surface area contributed by atoms with E-state index in [2.05, 4.69) is 27.0 Å². The van der Waals surface area contributed by atoms with Crippen LogP contribution in [0.25, 0.3) is 0 Å². The fourth-order valence-electron chi connectivity index (χ4n) is 5.39. The van der Waals surface area contributed by atoms with Crippen molar-refractivity contribution in [2.45, 2.75) is 94.5 Å². The molecule has 2 amide bonds. The first-order chi connectivity index (χ1) is 18.0. The van der Waals surface area contributed by atoms with Crippen molar-refractivity contribution in [1.82, 2.24) is 25.0 Å². The number of hydrogen-bond acceptors (Lipinski definition) is 5. The zero-order valence-corrected chi connectivity index (χ0v) is 23.5. The minimum Gasteiger partial charge on any atom is -0.345 e. The van der Waals surface area contributed by atoms with Crippen molar-refractivity contribution in [3.8, 4) is 0 Å². The second-order valence-electron chi connectivity index (χ2n) is 9.78. The summed E-state index contributed by atoms with van der Waals surface area (Å²) in [7, 11) is 0. The highest BCUT2D eigenvalue weighted by atomic mass is 35.5. The molecule has 200 valence electrons. The monoisotopic (exact) mass is 563 g/mol. The molecule has 2 fully saturated rings. The summed E-state index contributed by atoms with van der Waals surface area (Å²) in [5.41, 5.74) is 0.412. The Bertz CT molecular complexity index is 1080. The number of benzene rings is 1. The molecule has 1 aromatic heterocycles. The molecule has 0 saturated heterocycles. The van der Waals surface area contributed by atoms with Crippen LogP contribution in [0.15, 0.2) is 36.0 Å². The first kappa shape index (κ1) is 28.0. The predicted octanol–water partition coefficient (Wildman–Crippen LogP) is 6.29. The first-order valence-electron chi connectivity index (χ1n) is 13.2. The zero-order valence-electron chi connectivity index (χ0n) is 21.1. The Morgan fingerprint density at radius 1 is 1.03 bits per heavy atom. The van der Waals surface area contributed by atoms with Gasteiger partial charge in [0.2, 0.25) is 5.91 Å².